The molecule has 1 aromatic heterocycles. The number of carbonyl (C=O) groups excluding carboxylic acids is 2. The van der Waals surface area contributed by atoms with Crippen molar-refractivity contribution in [2.24, 2.45) is 17.8 Å². The van der Waals surface area contributed by atoms with Crippen LogP contribution in [0.25, 0.3) is 0 Å². The van der Waals surface area contributed by atoms with Crippen molar-refractivity contribution in [1.82, 2.24) is 20.1 Å². The molecule has 4 rings (SSSR count). The summed E-state index contributed by atoms with van der Waals surface area (Å²) < 4.78 is 5.54. The van der Waals surface area contributed by atoms with Crippen LogP contribution in [0.1, 0.15) is 51.2 Å². The Morgan fingerprint density at radius 1 is 1.17 bits per heavy atom. The van der Waals surface area contributed by atoms with E-state index in [-0.39, 0.29) is 12.1 Å². The molecule has 1 aliphatic carbocycles. The fourth-order valence-corrected chi connectivity index (χ4v) is 4.98. The Labute approximate surface area is 172 Å². The Bertz CT molecular complexity index is 751. The number of ether oxygens (including phenoxy) is 1. The van der Waals surface area contributed by atoms with Gasteiger partial charge in [0.1, 0.15) is 5.60 Å². The molecular formula is C22H32N4O3. The van der Waals surface area contributed by atoms with Gasteiger partial charge in [-0.1, -0.05) is 0 Å². The Balaban J connectivity index is 1.23. The first kappa shape index (κ1) is 20.0. The minimum absolute atomic E-state index is 0.00598. The molecule has 3 heterocycles. The number of pyridine rings is 1. The second kappa shape index (κ2) is 7.84. The second-order valence-electron chi connectivity index (χ2n) is 9.76. The molecule has 3 atom stereocenters. The van der Waals surface area contributed by atoms with E-state index in [1.54, 1.807) is 6.20 Å². The number of hydrogen-bond donors (Lipinski definition) is 1. The number of rotatable bonds is 2. The maximum Gasteiger partial charge on any atom is 0.410 e. The zero-order chi connectivity index (χ0) is 20.6. The lowest BCUT2D eigenvalue weighted by Crippen LogP contribution is -2.44. The standard InChI is InChI=1S/C22H32N4O3/c1-22(2,3)29-21(28)25-7-5-16-8-15(9-18(16)13-25)10-24-20(27)26-12-17-4-6-23-11-19(17)14-26/h4,6,11,15-16,18H,5,7-10,12-14H2,1-3H3,(H,24,27). The van der Waals surface area contributed by atoms with Gasteiger partial charge in [-0.25, -0.2) is 9.59 Å². The van der Waals surface area contributed by atoms with E-state index in [0.29, 0.717) is 37.4 Å². The summed E-state index contributed by atoms with van der Waals surface area (Å²) in [7, 11) is 0. The van der Waals surface area contributed by atoms with E-state index in [9.17, 15) is 9.59 Å². The third-order valence-corrected chi connectivity index (χ3v) is 6.37. The van der Waals surface area contributed by atoms with E-state index in [0.717, 1.165) is 37.9 Å². The summed E-state index contributed by atoms with van der Waals surface area (Å²) in [6.45, 7) is 9.27. The highest BCUT2D eigenvalue weighted by atomic mass is 16.6. The molecule has 7 nitrogen and oxygen atoms in total. The van der Waals surface area contributed by atoms with Crippen LogP contribution in [0.3, 0.4) is 0 Å². The van der Waals surface area contributed by atoms with Crippen molar-refractivity contribution in [2.75, 3.05) is 19.6 Å². The average Bonchev–Trinajstić information content (AvgIpc) is 3.27. The molecule has 3 amide bonds. The molecule has 0 spiro atoms. The maximum atomic E-state index is 12.6. The largest absolute Gasteiger partial charge is 0.444 e. The van der Waals surface area contributed by atoms with Crippen molar-refractivity contribution in [3.8, 4) is 0 Å². The first-order valence-corrected chi connectivity index (χ1v) is 10.7. The summed E-state index contributed by atoms with van der Waals surface area (Å²) in [5, 5.41) is 3.14. The Kier molecular flexibility index (Phi) is 5.40. The SMILES string of the molecule is CC(C)(C)OC(=O)N1CCC2CC(CNC(=O)N3Cc4ccncc4C3)CC2C1. The zero-order valence-electron chi connectivity index (χ0n) is 17.7. The van der Waals surface area contributed by atoms with Gasteiger partial charge in [-0.2, -0.15) is 0 Å². The van der Waals surface area contributed by atoms with E-state index in [2.05, 4.69) is 10.3 Å². The molecule has 158 valence electrons. The minimum atomic E-state index is -0.457. The predicted molar refractivity (Wildman–Crippen MR) is 109 cm³/mol. The van der Waals surface area contributed by atoms with Gasteiger partial charge in [-0.15, -0.1) is 0 Å². The number of amides is 3. The topological polar surface area (TPSA) is 74.8 Å². The van der Waals surface area contributed by atoms with Crippen molar-refractivity contribution in [3.63, 3.8) is 0 Å². The lowest BCUT2D eigenvalue weighted by molar-refractivity contribution is 0.0127. The van der Waals surface area contributed by atoms with Gasteiger partial charge in [0.2, 0.25) is 0 Å². The van der Waals surface area contributed by atoms with Gasteiger partial charge in [0.15, 0.2) is 0 Å². The molecule has 7 heteroatoms. The Morgan fingerprint density at radius 3 is 2.69 bits per heavy atom. The lowest BCUT2D eigenvalue weighted by atomic mass is 9.89. The van der Waals surface area contributed by atoms with Crippen LogP contribution in [-0.2, 0) is 17.8 Å². The summed E-state index contributed by atoms with van der Waals surface area (Å²) in [5.41, 5.74) is 1.86. The van der Waals surface area contributed by atoms with E-state index in [1.807, 2.05) is 42.8 Å². The molecular weight excluding hydrogens is 368 g/mol. The third-order valence-electron chi connectivity index (χ3n) is 6.37. The number of urea groups is 1. The van der Waals surface area contributed by atoms with Crippen molar-refractivity contribution in [3.05, 3.63) is 29.6 Å². The quantitative estimate of drug-likeness (QED) is 0.826. The molecule has 1 saturated heterocycles. The number of piperidine rings is 1. The molecule has 3 aliphatic rings. The molecule has 0 bridgehead atoms. The van der Waals surface area contributed by atoms with Crippen LogP contribution < -0.4 is 5.32 Å². The second-order valence-corrected chi connectivity index (χ2v) is 9.76. The molecule has 0 radical (unpaired) electrons. The van der Waals surface area contributed by atoms with Crippen molar-refractivity contribution < 1.29 is 14.3 Å². The van der Waals surface area contributed by atoms with Gasteiger partial charge >= 0.3 is 12.1 Å². The third kappa shape index (κ3) is 4.65. The summed E-state index contributed by atoms with van der Waals surface area (Å²) in [6, 6.07) is 1.99. The van der Waals surface area contributed by atoms with Crippen LogP contribution in [0.2, 0.25) is 0 Å². The number of carbonyl (C=O) groups is 2. The van der Waals surface area contributed by atoms with E-state index >= 15 is 0 Å². The van der Waals surface area contributed by atoms with Gasteiger partial charge < -0.3 is 19.9 Å². The number of aromatic nitrogens is 1. The van der Waals surface area contributed by atoms with Crippen LogP contribution in [-0.4, -0.2) is 52.1 Å². The maximum absolute atomic E-state index is 12.6. The number of nitrogens with zero attached hydrogens (tertiary/aromatic N) is 3. The van der Waals surface area contributed by atoms with E-state index < -0.39 is 5.60 Å². The van der Waals surface area contributed by atoms with Crippen molar-refractivity contribution in [1.29, 1.82) is 0 Å². The van der Waals surface area contributed by atoms with Gasteiger partial charge in [0, 0.05) is 45.1 Å². The van der Waals surface area contributed by atoms with Crippen molar-refractivity contribution in [2.45, 2.75) is 58.7 Å². The number of likely N-dealkylation sites (tertiary alicyclic amines) is 1. The minimum Gasteiger partial charge on any atom is -0.444 e. The molecule has 1 saturated carbocycles. The van der Waals surface area contributed by atoms with Crippen LogP contribution in [0.15, 0.2) is 18.5 Å². The lowest BCUT2D eigenvalue weighted by Gasteiger charge is -2.35. The van der Waals surface area contributed by atoms with E-state index in [1.165, 1.54) is 5.56 Å². The molecule has 29 heavy (non-hydrogen) atoms. The van der Waals surface area contributed by atoms with Crippen LogP contribution in [0.4, 0.5) is 9.59 Å². The average molecular weight is 401 g/mol. The van der Waals surface area contributed by atoms with Crippen LogP contribution in [0, 0.1) is 17.8 Å². The summed E-state index contributed by atoms with van der Waals surface area (Å²) >= 11 is 0. The molecule has 2 fully saturated rings. The summed E-state index contributed by atoms with van der Waals surface area (Å²) in [6.07, 6.45) is 6.66. The highest BCUT2D eigenvalue weighted by Crippen LogP contribution is 2.41. The fourth-order valence-electron chi connectivity index (χ4n) is 4.98. The molecule has 3 unspecified atom stereocenters. The predicted octanol–water partition coefficient (Wildman–Crippen LogP) is 3.39. The van der Waals surface area contributed by atoms with Gasteiger partial charge in [-0.3, -0.25) is 4.98 Å². The monoisotopic (exact) mass is 400 g/mol. The first-order chi connectivity index (χ1) is 13.8. The molecule has 2 aliphatic heterocycles. The molecule has 1 aromatic rings. The summed E-state index contributed by atoms with van der Waals surface area (Å²) in [4.78, 5) is 32.8. The summed E-state index contributed by atoms with van der Waals surface area (Å²) in [5.74, 6) is 1.65. The van der Waals surface area contributed by atoms with E-state index in [4.69, 9.17) is 4.74 Å². The number of fused-ring (bicyclic) bond motifs is 2. The Hall–Kier alpha value is -2.31. The normalized spacial score (nSPS) is 26.1. The number of nitrogens with one attached hydrogen (secondary N) is 1. The Morgan fingerprint density at radius 2 is 1.93 bits per heavy atom. The molecule has 0 aromatic carbocycles. The van der Waals surface area contributed by atoms with Gasteiger partial charge in [0.25, 0.3) is 0 Å². The smallest absolute Gasteiger partial charge is 0.410 e. The van der Waals surface area contributed by atoms with Gasteiger partial charge in [-0.05, 0) is 75.0 Å². The highest BCUT2D eigenvalue weighted by molar-refractivity contribution is 5.75. The zero-order valence-corrected chi connectivity index (χ0v) is 17.7. The van der Waals surface area contributed by atoms with Crippen LogP contribution in [0.5, 0.6) is 0 Å². The van der Waals surface area contributed by atoms with Crippen LogP contribution >= 0.6 is 0 Å². The molecule has 1 N–H and O–H groups in total. The van der Waals surface area contributed by atoms with Crippen molar-refractivity contribution >= 4 is 12.1 Å². The first-order valence-electron chi connectivity index (χ1n) is 10.7. The fraction of sp³-hybridized carbons (Fsp3) is 0.682. The highest BCUT2D eigenvalue weighted by Gasteiger charge is 2.40. The number of hydrogen-bond acceptors (Lipinski definition) is 4. The van der Waals surface area contributed by atoms with Gasteiger partial charge in [0.05, 0.1) is 0 Å².